The summed E-state index contributed by atoms with van der Waals surface area (Å²) in [6, 6.07) is 1.89. The largest absolute Gasteiger partial charge is 0.462 e. The summed E-state index contributed by atoms with van der Waals surface area (Å²) < 4.78 is 12.3. The van der Waals surface area contributed by atoms with Crippen LogP contribution in [0.4, 0.5) is 0 Å². The van der Waals surface area contributed by atoms with Crippen molar-refractivity contribution in [3.8, 4) is 6.01 Å². The molecule has 6 rings (SSSR count). The molecule has 0 saturated heterocycles. The lowest BCUT2D eigenvalue weighted by Crippen LogP contribution is -2.23. The number of imidazole rings is 2. The maximum Gasteiger partial charge on any atom is 0.296 e. The number of ether oxygens (including phenoxy) is 1. The van der Waals surface area contributed by atoms with E-state index in [1.807, 2.05) is 0 Å². The number of fused-ring (bicyclic) bond motifs is 3. The van der Waals surface area contributed by atoms with Crippen LogP contribution in [0.3, 0.4) is 0 Å². The maximum atomic E-state index is 5.62. The van der Waals surface area contributed by atoms with Crippen molar-refractivity contribution in [1.82, 2.24) is 33.9 Å². The van der Waals surface area contributed by atoms with Crippen molar-refractivity contribution < 1.29 is 4.74 Å². The third-order valence-electron chi connectivity index (χ3n) is 9.25. The predicted octanol–water partition coefficient (Wildman–Crippen LogP) is 8.68. The molecule has 0 saturated carbocycles. The molecule has 3 aromatic rings. The van der Waals surface area contributed by atoms with Gasteiger partial charge in [-0.05, 0) is 41.9 Å². The fourth-order valence-corrected chi connectivity index (χ4v) is 6.26. The van der Waals surface area contributed by atoms with E-state index in [9.17, 15) is 0 Å². The van der Waals surface area contributed by atoms with Gasteiger partial charge in [0.1, 0.15) is 18.3 Å². The smallest absolute Gasteiger partial charge is 0.296 e. The number of rotatable bonds is 5. The Kier molecular flexibility index (Phi) is 10.2. The topological polar surface area (TPSA) is 75.6 Å². The Balaban J connectivity index is 0.000000148. The number of aromatic nitrogens is 7. The van der Waals surface area contributed by atoms with Gasteiger partial charge in [0.2, 0.25) is 0 Å². The first-order chi connectivity index (χ1) is 20.1. The van der Waals surface area contributed by atoms with Gasteiger partial charge in [-0.3, -0.25) is 4.57 Å². The zero-order chi connectivity index (χ0) is 31.8. The van der Waals surface area contributed by atoms with E-state index in [1.54, 1.807) is 0 Å². The second-order valence-corrected chi connectivity index (χ2v) is 15.5. The number of hydrogen-bond donors (Lipinski definition) is 0. The first-order valence-corrected chi connectivity index (χ1v) is 16.8. The zero-order valence-electron chi connectivity index (χ0n) is 29.3. The van der Waals surface area contributed by atoms with Crippen LogP contribution in [0.25, 0.3) is 0 Å². The average Bonchev–Trinajstić information content (AvgIpc) is 3.70. The summed E-state index contributed by atoms with van der Waals surface area (Å²) in [5.41, 5.74) is 2.60. The lowest BCUT2D eigenvalue weighted by molar-refractivity contribution is 0.212. The van der Waals surface area contributed by atoms with Crippen LogP contribution >= 0.6 is 0 Å². The van der Waals surface area contributed by atoms with E-state index in [2.05, 4.69) is 136 Å². The van der Waals surface area contributed by atoms with E-state index >= 15 is 0 Å². The minimum Gasteiger partial charge on any atom is -0.462 e. The van der Waals surface area contributed by atoms with Crippen molar-refractivity contribution >= 4 is 0 Å². The molecule has 0 amide bonds. The highest BCUT2D eigenvalue weighted by molar-refractivity contribution is 5.17. The molecule has 3 aromatic heterocycles. The molecular formula is C35H59N7O. The first kappa shape index (κ1) is 33.3. The molecule has 6 heterocycles. The Morgan fingerprint density at radius 1 is 0.767 bits per heavy atom. The van der Waals surface area contributed by atoms with Gasteiger partial charge in [0.15, 0.2) is 5.82 Å². The van der Waals surface area contributed by atoms with E-state index in [0.29, 0.717) is 41.7 Å². The molecule has 0 radical (unpaired) electrons. The molecule has 0 spiro atoms. The molecule has 0 aliphatic carbocycles. The summed E-state index contributed by atoms with van der Waals surface area (Å²) in [6.07, 6.45) is 8.06. The van der Waals surface area contributed by atoms with Gasteiger partial charge in [0.25, 0.3) is 6.01 Å². The van der Waals surface area contributed by atoms with Crippen LogP contribution in [0.5, 0.6) is 6.01 Å². The van der Waals surface area contributed by atoms with Crippen molar-refractivity contribution in [2.75, 3.05) is 6.61 Å². The highest BCUT2D eigenvalue weighted by atomic mass is 16.5. The Bertz CT molecular complexity index is 1270. The van der Waals surface area contributed by atoms with E-state index in [-0.39, 0.29) is 5.41 Å². The van der Waals surface area contributed by atoms with Gasteiger partial charge < -0.3 is 9.30 Å². The monoisotopic (exact) mass is 593 g/mol. The van der Waals surface area contributed by atoms with Crippen LogP contribution in [0.1, 0.15) is 167 Å². The standard InChI is InChI=1S/C12H20N2O.C12H20N2.C11H19N3/c1-8(2)9-6-14-10(12(3,4)5)7-15-11(14)13-9;1-8(2)10-7-14-11(9(3)4)5-6-12(14)13-10;1-7(2)9-5-6-14-11(9)12-10(13-14)8(3)4/h6,8,10H,7H2,1-5H3;7-9,11H,5-6H2,1-4H3;7-9H,5-6H2,1-4H3. The van der Waals surface area contributed by atoms with E-state index in [4.69, 9.17) is 4.74 Å². The summed E-state index contributed by atoms with van der Waals surface area (Å²) in [5.74, 6) is 7.01. The van der Waals surface area contributed by atoms with Gasteiger partial charge in [-0.1, -0.05) is 90.0 Å². The van der Waals surface area contributed by atoms with Crippen molar-refractivity contribution in [2.24, 2.45) is 17.3 Å². The average molecular weight is 594 g/mol. The van der Waals surface area contributed by atoms with Crippen LogP contribution in [-0.2, 0) is 13.0 Å². The third-order valence-corrected chi connectivity index (χ3v) is 9.25. The van der Waals surface area contributed by atoms with Gasteiger partial charge in [-0.15, -0.1) is 0 Å². The van der Waals surface area contributed by atoms with Gasteiger partial charge >= 0.3 is 0 Å². The SMILES string of the molecule is CC(C)c1cn2c(n1)CCC2C(C)C.CC(C)c1cn2c(n1)OCC2C(C)(C)C.CC(C)c1nc2n(n1)CCC2C(C)C. The first-order valence-electron chi connectivity index (χ1n) is 16.8. The van der Waals surface area contributed by atoms with Crippen molar-refractivity contribution in [3.05, 3.63) is 41.3 Å². The van der Waals surface area contributed by atoms with Crippen LogP contribution < -0.4 is 4.74 Å². The molecule has 240 valence electrons. The van der Waals surface area contributed by atoms with Gasteiger partial charge in [0.05, 0.1) is 17.4 Å². The number of aryl methyl sites for hydroxylation is 2. The Labute approximate surface area is 261 Å². The maximum absolute atomic E-state index is 5.62. The second kappa shape index (κ2) is 13.2. The second-order valence-electron chi connectivity index (χ2n) is 15.5. The summed E-state index contributed by atoms with van der Waals surface area (Å²) in [5, 5.41) is 4.53. The van der Waals surface area contributed by atoms with E-state index < -0.39 is 0 Å². The Morgan fingerprint density at radius 2 is 1.40 bits per heavy atom. The molecule has 8 nitrogen and oxygen atoms in total. The normalized spacial score (nSPS) is 20.7. The fraction of sp³-hybridized carbons (Fsp3) is 0.771. The van der Waals surface area contributed by atoms with Crippen molar-refractivity contribution in [3.63, 3.8) is 0 Å². The summed E-state index contributed by atoms with van der Waals surface area (Å²) in [7, 11) is 0. The fourth-order valence-electron chi connectivity index (χ4n) is 6.26. The quantitative estimate of drug-likeness (QED) is 0.296. The Hall–Kier alpha value is -2.64. The van der Waals surface area contributed by atoms with Gasteiger partial charge in [-0.25, -0.2) is 19.6 Å². The molecule has 3 aliphatic heterocycles. The molecule has 3 unspecified atom stereocenters. The molecule has 0 fully saturated rings. The molecule has 0 aromatic carbocycles. The van der Waals surface area contributed by atoms with Crippen LogP contribution in [0.15, 0.2) is 12.4 Å². The van der Waals surface area contributed by atoms with Crippen LogP contribution in [-0.4, -0.2) is 40.5 Å². The van der Waals surface area contributed by atoms with Gasteiger partial charge in [0, 0.05) is 43.2 Å². The highest BCUT2D eigenvalue weighted by Crippen LogP contribution is 2.39. The van der Waals surface area contributed by atoms with E-state index in [1.165, 1.54) is 30.2 Å². The van der Waals surface area contributed by atoms with Crippen LogP contribution in [0, 0.1) is 17.3 Å². The minimum atomic E-state index is 0.222. The molecule has 0 N–H and O–H groups in total. The number of nitrogens with zero attached hydrogens (tertiary/aromatic N) is 7. The molecule has 3 atom stereocenters. The summed E-state index contributed by atoms with van der Waals surface area (Å²) in [4.78, 5) is 13.8. The lowest BCUT2D eigenvalue weighted by Gasteiger charge is -2.26. The molecule has 0 bridgehead atoms. The van der Waals surface area contributed by atoms with Gasteiger partial charge in [-0.2, -0.15) is 5.10 Å². The highest BCUT2D eigenvalue weighted by Gasteiger charge is 2.35. The zero-order valence-corrected chi connectivity index (χ0v) is 29.3. The molecular weight excluding hydrogens is 534 g/mol. The van der Waals surface area contributed by atoms with Crippen molar-refractivity contribution in [1.29, 1.82) is 0 Å². The summed E-state index contributed by atoms with van der Waals surface area (Å²) in [6.45, 7) is 30.7. The third kappa shape index (κ3) is 7.37. The molecule has 8 heteroatoms. The predicted molar refractivity (Wildman–Crippen MR) is 175 cm³/mol. The van der Waals surface area contributed by atoms with E-state index in [0.717, 1.165) is 43.0 Å². The Morgan fingerprint density at radius 3 is 1.95 bits per heavy atom. The van der Waals surface area contributed by atoms with Crippen LogP contribution in [0.2, 0.25) is 0 Å². The molecule has 43 heavy (non-hydrogen) atoms. The number of hydrogen-bond acceptors (Lipinski definition) is 5. The lowest BCUT2D eigenvalue weighted by atomic mass is 9.87. The minimum absolute atomic E-state index is 0.222. The van der Waals surface area contributed by atoms with Crippen molar-refractivity contribution in [2.45, 2.75) is 152 Å². The molecule has 3 aliphatic rings. The summed E-state index contributed by atoms with van der Waals surface area (Å²) >= 11 is 0.